The van der Waals surface area contributed by atoms with Gasteiger partial charge in [-0.15, -0.1) is 0 Å². The quantitative estimate of drug-likeness (QED) is 0.676. The van der Waals surface area contributed by atoms with Crippen LogP contribution in [0.3, 0.4) is 0 Å². The Morgan fingerprint density at radius 1 is 1.43 bits per heavy atom. The minimum atomic E-state index is 0.166. The van der Waals surface area contributed by atoms with Crippen molar-refractivity contribution in [3.8, 4) is 0 Å². The first kappa shape index (κ1) is 16.7. The monoisotopic (exact) mass is 337 g/mol. The Balaban J connectivity index is 1.53. The molecule has 0 amide bonds. The van der Waals surface area contributed by atoms with Crippen molar-refractivity contribution in [3.63, 3.8) is 0 Å². The zero-order chi connectivity index (χ0) is 16.1. The van der Waals surface area contributed by atoms with Crippen molar-refractivity contribution in [3.05, 3.63) is 22.4 Å². The minimum absolute atomic E-state index is 0.166. The lowest BCUT2D eigenvalue weighted by atomic mass is 10.1. The van der Waals surface area contributed by atoms with Crippen LogP contribution in [-0.2, 0) is 9.47 Å². The molecular formula is C17H27N3O2S. The van der Waals surface area contributed by atoms with E-state index in [-0.39, 0.29) is 12.2 Å². The normalized spacial score (nSPS) is 27.2. The van der Waals surface area contributed by atoms with E-state index in [0.29, 0.717) is 5.92 Å². The van der Waals surface area contributed by atoms with Crippen LogP contribution in [-0.4, -0.2) is 63.0 Å². The van der Waals surface area contributed by atoms with Crippen LogP contribution in [0.2, 0.25) is 0 Å². The lowest BCUT2D eigenvalue weighted by molar-refractivity contribution is -0.0817. The van der Waals surface area contributed by atoms with Gasteiger partial charge in [0.1, 0.15) is 6.10 Å². The summed E-state index contributed by atoms with van der Waals surface area (Å²) >= 11 is 1.75. The van der Waals surface area contributed by atoms with Crippen molar-refractivity contribution in [1.82, 2.24) is 10.2 Å². The summed E-state index contributed by atoms with van der Waals surface area (Å²) in [5, 5.41) is 7.88. The molecule has 0 spiro atoms. The number of aliphatic imine (C=N–C) groups is 1. The van der Waals surface area contributed by atoms with E-state index < -0.39 is 0 Å². The van der Waals surface area contributed by atoms with Crippen molar-refractivity contribution in [2.24, 2.45) is 4.99 Å². The Labute approximate surface area is 142 Å². The molecule has 2 aliphatic heterocycles. The summed E-state index contributed by atoms with van der Waals surface area (Å²) in [4.78, 5) is 6.77. The highest BCUT2D eigenvalue weighted by Crippen LogP contribution is 2.21. The zero-order valence-corrected chi connectivity index (χ0v) is 14.8. The van der Waals surface area contributed by atoms with E-state index in [2.05, 4.69) is 39.0 Å². The third kappa shape index (κ3) is 4.25. The average Bonchev–Trinajstić information content (AvgIpc) is 3.29. The fourth-order valence-corrected chi connectivity index (χ4v) is 4.02. The van der Waals surface area contributed by atoms with Gasteiger partial charge in [0.15, 0.2) is 5.96 Å². The van der Waals surface area contributed by atoms with Crippen LogP contribution >= 0.6 is 11.3 Å². The molecule has 3 unspecified atom stereocenters. The highest BCUT2D eigenvalue weighted by Gasteiger charge is 2.32. The van der Waals surface area contributed by atoms with Crippen LogP contribution in [0.1, 0.15) is 31.2 Å². The van der Waals surface area contributed by atoms with Gasteiger partial charge in [-0.1, -0.05) is 6.92 Å². The van der Waals surface area contributed by atoms with Gasteiger partial charge in [-0.3, -0.25) is 4.99 Å². The van der Waals surface area contributed by atoms with Gasteiger partial charge >= 0.3 is 0 Å². The number of morpholine rings is 1. The first-order valence-corrected chi connectivity index (χ1v) is 9.43. The molecule has 0 saturated carbocycles. The van der Waals surface area contributed by atoms with E-state index in [1.54, 1.807) is 11.3 Å². The summed E-state index contributed by atoms with van der Waals surface area (Å²) in [7, 11) is 1.86. The number of rotatable bonds is 4. The molecule has 1 N–H and O–H groups in total. The molecule has 2 fully saturated rings. The second kappa shape index (κ2) is 8.13. The van der Waals surface area contributed by atoms with Gasteiger partial charge in [0, 0.05) is 33.3 Å². The van der Waals surface area contributed by atoms with Gasteiger partial charge in [-0.05, 0) is 41.1 Å². The number of ether oxygens (including phenoxy) is 2. The van der Waals surface area contributed by atoms with E-state index in [4.69, 9.17) is 9.47 Å². The maximum absolute atomic E-state index is 5.92. The van der Waals surface area contributed by atoms with Crippen molar-refractivity contribution >= 4 is 17.3 Å². The lowest BCUT2D eigenvalue weighted by Gasteiger charge is -2.37. The standard InChI is InChI=1S/C17H27N3O2S/c1-13(14-5-9-23-12-14)10-19-17(18-2)20-6-8-22-16(11-20)15-4-3-7-21-15/h5,9,12-13,15-16H,3-4,6-8,10-11H2,1-2H3,(H,18,19). The summed E-state index contributed by atoms with van der Waals surface area (Å²) in [6.45, 7) is 6.50. The predicted octanol–water partition coefficient (Wildman–Crippen LogP) is 2.31. The average molecular weight is 337 g/mol. The maximum Gasteiger partial charge on any atom is 0.193 e. The molecule has 6 heteroatoms. The first-order chi connectivity index (χ1) is 11.3. The smallest absolute Gasteiger partial charge is 0.193 e. The Kier molecular flexibility index (Phi) is 5.91. The van der Waals surface area contributed by atoms with Gasteiger partial charge in [-0.2, -0.15) is 11.3 Å². The molecule has 0 bridgehead atoms. The molecule has 0 aliphatic carbocycles. The second-order valence-electron chi connectivity index (χ2n) is 6.29. The number of thiophene rings is 1. The van der Waals surface area contributed by atoms with Gasteiger partial charge in [0.2, 0.25) is 0 Å². The van der Waals surface area contributed by atoms with Crippen LogP contribution in [0.25, 0.3) is 0 Å². The number of hydrogen-bond acceptors (Lipinski definition) is 4. The third-order valence-electron chi connectivity index (χ3n) is 4.66. The maximum atomic E-state index is 5.92. The molecule has 128 valence electrons. The van der Waals surface area contributed by atoms with Crippen LogP contribution in [0.4, 0.5) is 0 Å². The SMILES string of the molecule is CN=C(NCC(C)c1ccsc1)N1CCOC(C2CCCO2)C1. The van der Waals surface area contributed by atoms with Gasteiger partial charge < -0.3 is 19.7 Å². The van der Waals surface area contributed by atoms with Crippen LogP contribution in [0.15, 0.2) is 21.8 Å². The minimum Gasteiger partial charge on any atom is -0.375 e. The third-order valence-corrected chi connectivity index (χ3v) is 5.36. The van der Waals surface area contributed by atoms with Crippen LogP contribution in [0, 0.1) is 0 Å². The van der Waals surface area contributed by atoms with Crippen molar-refractivity contribution in [1.29, 1.82) is 0 Å². The molecule has 1 aromatic heterocycles. The summed E-state index contributed by atoms with van der Waals surface area (Å²) < 4.78 is 11.7. The molecule has 0 radical (unpaired) electrons. The van der Waals surface area contributed by atoms with E-state index in [9.17, 15) is 0 Å². The van der Waals surface area contributed by atoms with E-state index in [1.165, 1.54) is 5.56 Å². The van der Waals surface area contributed by atoms with E-state index >= 15 is 0 Å². The summed E-state index contributed by atoms with van der Waals surface area (Å²) in [5.41, 5.74) is 1.39. The van der Waals surface area contributed by atoms with Crippen molar-refractivity contribution in [2.75, 3.05) is 39.9 Å². The largest absolute Gasteiger partial charge is 0.375 e. The Morgan fingerprint density at radius 3 is 3.00 bits per heavy atom. The molecule has 3 heterocycles. The Hall–Kier alpha value is -1.11. The predicted molar refractivity (Wildman–Crippen MR) is 94.4 cm³/mol. The van der Waals surface area contributed by atoms with Gasteiger partial charge in [0.05, 0.1) is 12.7 Å². The second-order valence-corrected chi connectivity index (χ2v) is 7.07. The van der Waals surface area contributed by atoms with Crippen molar-refractivity contribution in [2.45, 2.75) is 37.9 Å². The molecule has 23 heavy (non-hydrogen) atoms. The first-order valence-electron chi connectivity index (χ1n) is 8.49. The molecule has 2 aliphatic rings. The van der Waals surface area contributed by atoms with Crippen LogP contribution in [0.5, 0.6) is 0 Å². The molecule has 0 aromatic carbocycles. The molecule has 1 aromatic rings. The highest BCUT2D eigenvalue weighted by atomic mass is 32.1. The van der Waals surface area contributed by atoms with E-state index in [1.807, 2.05) is 7.05 Å². The molecular weight excluding hydrogens is 310 g/mol. The molecule has 3 atom stereocenters. The lowest BCUT2D eigenvalue weighted by Crippen LogP contribution is -2.53. The summed E-state index contributed by atoms with van der Waals surface area (Å²) in [5.74, 6) is 1.45. The van der Waals surface area contributed by atoms with Gasteiger partial charge in [-0.25, -0.2) is 0 Å². The molecule has 2 saturated heterocycles. The van der Waals surface area contributed by atoms with Gasteiger partial charge in [0.25, 0.3) is 0 Å². The van der Waals surface area contributed by atoms with E-state index in [0.717, 1.165) is 51.6 Å². The fourth-order valence-electron chi connectivity index (χ4n) is 3.24. The molecule has 3 rings (SSSR count). The number of nitrogens with one attached hydrogen (secondary N) is 1. The number of guanidine groups is 1. The zero-order valence-electron chi connectivity index (χ0n) is 14.0. The Morgan fingerprint density at radius 2 is 2.30 bits per heavy atom. The topological polar surface area (TPSA) is 46.1 Å². The summed E-state index contributed by atoms with van der Waals surface area (Å²) in [6, 6.07) is 2.20. The van der Waals surface area contributed by atoms with Crippen LogP contribution < -0.4 is 5.32 Å². The van der Waals surface area contributed by atoms with Crippen molar-refractivity contribution < 1.29 is 9.47 Å². The summed E-state index contributed by atoms with van der Waals surface area (Å²) in [6.07, 6.45) is 2.68. The fraction of sp³-hybridized carbons (Fsp3) is 0.706. The number of hydrogen-bond donors (Lipinski definition) is 1. The highest BCUT2D eigenvalue weighted by molar-refractivity contribution is 7.07. The molecule has 5 nitrogen and oxygen atoms in total. The number of nitrogens with zero attached hydrogens (tertiary/aromatic N) is 2. The Bertz CT molecular complexity index is 500.